The molecule has 0 spiro atoms. The number of rotatable bonds is 4. The van der Waals surface area contributed by atoms with Gasteiger partial charge in [0.25, 0.3) is 0 Å². The molecule has 1 saturated heterocycles. The van der Waals surface area contributed by atoms with Gasteiger partial charge in [-0.3, -0.25) is 9.69 Å². The molecule has 1 aliphatic heterocycles. The first kappa shape index (κ1) is 15.7. The predicted octanol–water partition coefficient (Wildman–Crippen LogP) is 1.90. The second kappa shape index (κ2) is 5.99. The molecule has 6 heteroatoms. The second-order valence-corrected chi connectivity index (χ2v) is 6.88. The fourth-order valence-electron chi connectivity index (χ4n) is 2.44. The van der Waals surface area contributed by atoms with Crippen LogP contribution in [0.2, 0.25) is 0 Å². The van der Waals surface area contributed by atoms with E-state index in [2.05, 4.69) is 4.90 Å². The lowest BCUT2D eigenvalue weighted by molar-refractivity contribution is -0.147. The van der Waals surface area contributed by atoms with Gasteiger partial charge in [-0.15, -0.1) is 11.3 Å². The number of thiophene rings is 1. The number of carbonyl (C=O) groups excluding carboxylic acids is 1. The molecule has 0 bridgehead atoms. The van der Waals surface area contributed by atoms with Crippen LogP contribution in [0.15, 0.2) is 18.2 Å². The molecule has 0 saturated carbocycles. The summed E-state index contributed by atoms with van der Waals surface area (Å²) in [7, 11) is 1.83. The van der Waals surface area contributed by atoms with Gasteiger partial charge in [-0.2, -0.15) is 0 Å². The van der Waals surface area contributed by atoms with Gasteiger partial charge in [-0.05, 0) is 32.1 Å². The highest BCUT2D eigenvalue weighted by atomic mass is 32.1. The summed E-state index contributed by atoms with van der Waals surface area (Å²) in [5, 5.41) is 8.63. The van der Waals surface area contributed by atoms with Gasteiger partial charge >= 0.3 is 5.97 Å². The monoisotopic (exact) mass is 308 g/mol. The maximum Gasteiger partial charge on any atom is 0.328 e. The fourth-order valence-corrected chi connectivity index (χ4v) is 3.37. The Labute approximate surface area is 128 Å². The van der Waals surface area contributed by atoms with Crippen molar-refractivity contribution in [3.05, 3.63) is 28.0 Å². The molecular weight excluding hydrogens is 288 g/mol. The van der Waals surface area contributed by atoms with E-state index in [0.29, 0.717) is 6.54 Å². The fraction of sp³-hybridized carbons (Fsp3) is 0.467. The number of carboxylic acids is 1. The molecule has 1 amide bonds. The third-order valence-corrected chi connectivity index (χ3v) is 4.82. The van der Waals surface area contributed by atoms with Gasteiger partial charge in [0.15, 0.2) is 0 Å². The molecule has 5 nitrogen and oxygen atoms in total. The molecule has 2 rings (SSSR count). The van der Waals surface area contributed by atoms with Crippen LogP contribution in [0.5, 0.6) is 0 Å². The van der Waals surface area contributed by atoms with Crippen LogP contribution in [0.4, 0.5) is 0 Å². The number of amides is 1. The molecule has 0 aromatic carbocycles. The number of piperazine rings is 1. The van der Waals surface area contributed by atoms with Crippen molar-refractivity contribution in [2.45, 2.75) is 25.9 Å². The first-order valence-electron chi connectivity index (χ1n) is 6.81. The molecule has 0 unspecified atom stereocenters. The normalized spacial score (nSPS) is 19.4. The van der Waals surface area contributed by atoms with E-state index < -0.39 is 11.5 Å². The molecule has 0 atom stereocenters. The summed E-state index contributed by atoms with van der Waals surface area (Å²) >= 11 is 1.55. The molecule has 1 aliphatic rings. The lowest BCUT2D eigenvalue weighted by atomic mass is 9.98. The van der Waals surface area contributed by atoms with Gasteiger partial charge in [0.1, 0.15) is 0 Å². The summed E-state index contributed by atoms with van der Waals surface area (Å²) in [5.74, 6) is -0.813. The van der Waals surface area contributed by atoms with Gasteiger partial charge < -0.3 is 10.0 Å². The molecule has 1 N–H and O–H groups in total. The maximum absolute atomic E-state index is 12.2. The molecule has 0 radical (unpaired) electrons. The lowest BCUT2D eigenvalue weighted by Gasteiger charge is -2.44. The van der Waals surface area contributed by atoms with E-state index in [-0.39, 0.29) is 5.91 Å². The Hall–Kier alpha value is -1.66. The number of hydrogen-bond donors (Lipinski definition) is 1. The zero-order chi connectivity index (χ0) is 15.6. The van der Waals surface area contributed by atoms with Gasteiger partial charge in [-0.1, -0.05) is 0 Å². The number of carboxylic acid groups (broad SMARTS) is 1. The number of hydrogen-bond acceptors (Lipinski definition) is 4. The Bertz CT molecular complexity index is 577. The summed E-state index contributed by atoms with van der Waals surface area (Å²) in [4.78, 5) is 28.7. The van der Waals surface area contributed by atoms with Crippen LogP contribution in [-0.4, -0.2) is 52.5 Å². The SMILES string of the molecule is CN1CCN(Cc2ccc(/C=C/C(=O)O)s2)C(C)(C)C1=O. The van der Waals surface area contributed by atoms with Gasteiger partial charge in [-0.25, -0.2) is 4.79 Å². The van der Waals surface area contributed by atoms with E-state index in [9.17, 15) is 9.59 Å². The number of aliphatic carboxylic acids is 1. The van der Waals surface area contributed by atoms with Crippen molar-refractivity contribution in [3.63, 3.8) is 0 Å². The lowest BCUT2D eigenvalue weighted by Crippen LogP contribution is -2.61. The Kier molecular flexibility index (Phi) is 4.49. The third kappa shape index (κ3) is 3.51. The summed E-state index contributed by atoms with van der Waals surface area (Å²) < 4.78 is 0. The van der Waals surface area contributed by atoms with E-state index in [4.69, 9.17) is 5.11 Å². The summed E-state index contributed by atoms with van der Waals surface area (Å²) in [6.07, 6.45) is 2.73. The van der Waals surface area contributed by atoms with Crippen molar-refractivity contribution in [1.29, 1.82) is 0 Å². The second-order valence-electron chi connectivity index (χ2n) is 5.68. The quantitative estimate of drug-likeness (QED) is 0.863. The first-order valence-corrected chi connectivity index (χ1v) is 7.62. The predicted molar refractivity (Wildman–Crippen MR) is 83.1 cm³/mol. The number of likely N-dealkylation sites (N-methyl/N-ethyl adjacent to an activating group) is 1. The summed E-state index contributed by atoms with van der Waals surface area (Å²) in [5.41, 5.74) is -0.506. The Morgan fingerprint density at radius 1 is 1.43 bits per heavy atom. The van der Waals surface area contributed by atoms with E-state index in [1.807, 2.05) is 33.0 Å². The molecule has 0 aliphatic carbocycles. The standard InChI is InChI=1S/C15H20N2O3S/c1-15(2)14(20)16(3)8-9-17(15)10-12-5-4-11(21-12)6-7-13(18)19/h4-7H,8-10H2,1-3H3,(H,18,19)/b7-6+. The van der Waals surface area contributed by atoms with E-state index in [1.165, 1.54) is 0 Å². The van der Waals surface area contributed by atoms with Crippen LogP contribution in [0.1, 0.15) is 23.6 Å². The molecule has 1 aromatic rings. The van der Waals surface area contributed by atoms with Crippen molar-refractivity contribution in [2.75, 3.05) is 20.1 Å². The molecular formula is C15H20N2O3S. The highest BCUT2D eigenvalue weighted by molar-refractivity contribution is 7.12. The van der Waals surface area contributed by atoms with Crippen LogP contribution in [0.25, 0.3) is 6.08 Å². The van der Waals surface area contributed by atoms with Crippen LogP contribution in [0.3, 0.4) is 0 Å². The minimum absolute atomic E-state index is 0.135. The van der Waals surface area contributed by atoms with Crippen LogP contribution in [-0.2, 0) is 16.1 Å². The average molecular weight is 308 g/mol. The first-order chi connectivity index (χ1) is 9.80. The van der Waals surface area contributed by atoms with Crippen molar-refractivity contribution < 1.29 is 14.7 Å². The van der Waals surface area contributed by atoms with Crippen molar-refractivity contribution in [1.82, 2.24) is 9.80 Å². The van der Waals surface area contributed by atoms with Crippen molar-refractivity contribution >= 4 is 29.3 Å². The van der Waals surface area contributed by atoms with Crippen LogP contribution >= 0.6 is 11.3 Å². The summed E-state index contributed by atoms with van der Waals surface area (Å²) in [6, 6.07) is 3.90. The Morgan fingerprint density at radius 2 is 2.14 bits per heavy atom. The minimum Gasteiger partial charge on any atom is -0.478 e. The summed E-state index contributed by atoms with van der Waals surface area (Å²) in [6.45, 7) is 6.18. The Morgan fingerprint density at radius 3 is 2.81 bits per heavy atom. The zero-order valence-electron chi connectivity index (χ0n) is 12.5. The highest BCUT2D eigenvalue weighted by Gasteiger charge is 2.40. The molecule has 1 aromatic heterocycles. The highest BCUT2D eigenvalue weighted by Crippen LogP contribution is 2.27. The average Bonchev–Trinajstić information content (AvgIpc) is 2.85. The van der Waals surface area contributed by atoms with E-state index in [0.717, 1.165) is 28.9 Å². The smallest absolute Gasteiger partial charge is 0.328 e. The van der Waals surface area contributed by atoms with Crippen LogP contribution in [0, 0.1) is 0 Å². The van der Waals surface area contributed by atoms with E-state index in [1.54, 1.807) is 22.3 Å². The molecule has 2 heterocycles. The zero-order valence-corrected chi connectivity index (χ0v) is 13.3. The minimum atomic E-state index is -0.948. The third-order valence-electron chi connectivity index (χ3n) is 3.79. The van der Waals surface area contributed by atoms with Crippen LogP contribution < -0.4 is 0 Å². The number of nitrogens with zero attached hydrogens (tertiary/aromatic N) is 2. The Balaban J connectivity index is 2.08. The molecule has 1 fully saturated rings. The van der Waals surface area contributed by atoms with Gasteiger partial charge in [0.2, 0.25) is 5.91 Å². The van der Waals surface area contributed by atoms with Gasteiger partial charge in [0, 0.05) is 42.5 Å². The van der Waals surface area contributed by atoms with Gasteiger partial charge in [0.05, 0.1) is 5.54 Å². The molecule has 21 heavy (non-hydrogen) atoms. The maximum atomic E-state index is 12.2. The molecule has 114 valence electrons. The van der Waals surface area contributed by atoms with Crippen molar-refractivity contribution in [2.24, 2.45) is 0 Å². The number of carbonyl (C=O) groups is 2. The largest absolute Gasteiger partial charge is 0.478 e. The topological polar surface area (TPSA) is 60.9 Å². The van der Waals surface area contributed by atoms with Crippen molar-refractivity contribution in [3.8, 4) is 0 Å². The van der Waals surface area contributed by atoms with E-state index >= 15 is 0 Å².